The molecule has 0 aliphatic rings. The maximum absolute atomic E-state index is 8.77. The highest BCUT2D eigenvalue weighted by Gasteiger charge is 2.11. The van der Waals surface area contributed by atoms with Gasteiger partial charge in [0.25, 0.3) is 0 Å². The van der Waals surface area contributed by atoms with Crippen LogP contribution in [0.5, 0.6) is 11.5 Å². The van der Waals surface area contributed by atoms with Crippen LogP contribution in [0.1, 0.15) is 18.9 Å². The molecular weight excluding hydrogens is 242 g/mol. The van der Waals surface area contributed by atoms with Crippen LogP contribution < -0.4 is 14.8 Å². The fourth-order valence-corrected chi connectivity index (χ4v) is 1.79. The van der Waals surface area contributed by atoms with Gasteiger partial charge in [-0.2, -0.15) is 0 Å². The summed E-state index contributed by atoms with van der Waals surface area (Å²) in [5, 5.41) is 10.9. The summed E-state index contributed by atoms with van der Waals surface area (Å²) in [7, 11) is 0. The molecule has 0 aromatic heterocycles. The Hall–Kier alpha value is -1.52. The summed E-state index contributed by atoms with van der Waals surface area (Å²) in [6, 6.07) is 5.93. The van der Waals surface area contributed by atoms with E-state index in [-0.39, 0.29) is 6.61 Å². The van der Waals surface area contributed by atoms with E-state index >= 15 is 0 Å². The maximum Gasteiger partial charge on any atom is 0.170 e. The number of aliphatic hydroxyl groups is 1. The van der Waals surface area contributed by atoms with Gasteiger partial charge in [0.1, 0.15) is 13.2 Å². The minimum atomic E-state index is 0.231. The second-order valence-corrected chi connectivity index (χ2v) is 4.14. The zero-order valence-electron chi connectivity index (χ0n) is 11.6. The number of aliphatic hydroxyl groups excluding tert-OH is 1. The molecule has 3 N–H and O–H groups in total. The van der Waals surface area contributed by atoms with Gasteiger partial charge in [-0.15, -0.1) is 0 Å². The van der Waals surface area contributed by atoms with Crippen molar-refractivity contribution >= 4 is 0 Å². The molecule has 19 heavy (non-hydrogen) atoms. The van der Waals surface area contributed by atoms with Crippen molar-refractivity contribution in [2.45, 2.75) is 19.9 Å². The molecule has 0 heterocycles. The van der Waals surface area contributed by atoms with E-state index in [1.54, 1.807) is 6.08 Å². The molecule has 0 radical (unpaired) electrons. The van der Waals surface area contributed by atoms with E-state index in [4.69, 9.17) is 14.6 Å². The van der Waals surface area contributed by atoms with Gasteiger partial charge in [-0.1, -0.05) is 18.7 Å². The van der Waals surface area contributed by atoms with Gasteiger partial charge < -0.3 is 19.9 Å². The molecule has 1 rings (SSSR count). The molecule has 4 nitrogen and oxygen atoms in total. The van der Waals surface area contributed by atoms with Gasteiger partial charge in [0.05, 0.1) is 18.7 Å². The molecule has 0 amide bonds. The molecular formula is C15H24NO3+. The first kappa shape index (κ1) is 15.5. The van der Waals surface area contributed by atoms with Gasteiger partial charge in [0.15, 0.2) is 11.5 Å². The van der Waals surface area contributed by atoms with Crippen LogP contribution in [-0.4, -0.2) is 31.5 Å². The lowest BCUT2D eigenvalue weighted by Crippen LogP contribution is -2.82. The van der Waals surface area contributed by atoms with E-state index in [2.05, 4.69) is 11.9 Å². The molecule has 0 saturated heterocycles. The van der Waals surface area contributed by atoms with Crippen LogP contribution in [0.2, 0.25) is 0 Å². The highest BCUT2D eigenvalue weighted by Crippen LogP contribution is 2.30. The van der Waals surface area contributed by atoms with E-state index in [0.29, 0.717) is 13.2 Å². The van der Waals surface area contributed by atoms with Gasteiger partial charge in [-0.3, -0.25) is 0 Å². The predicted molar refractivity (Wildman–Crippen MR) is 75.5 cm³/mol. The van der Waals surface area contributed by atoms with Gasteiger partial charge in [0.2, 0.25) is 0 Å². The number of quaternary nitrogens is 1. The normalized spacial score (nSPS) is 10.2. The maximum atomic E-state index is 8.77. The van der Waals surface area contributed by atoms with Crippen LogP contribution in [0.4, 0.5) is 0 Å². The Balaban J connectivity index is 2.75. The third-order valence-electron chi connectivity index (χ3n) is 2.64. The fourth-order valence-electron chi connectivity index (χ4n) is 1.79. The SMILES string of the molecule is C=CCOc1c(C[NH2+]CCCO)cccc1OCC. The van der Waals surface area contributed by atoms with Gasteiger partial charge in [-0.25, -0.2) is 0 Å². The Labute approximate surface area is 115 Å². The number of benzene rings is 1. The lowest BCUT2D eigenvalue weighted by atomic mass is 10.2. The van der Waals surface area contributed by atoms with Crippen molar-refractivity contribution in [2.24, 2.45) is 0 Å². The standard InChI is InChI=1S/C15H23NO3/c1-3-11-19-15-13(12-16-9-6-10-17)7-5-8-14(15)18-4-2/h3,5,7-8,16-17H,1,4,6,9-12H2,2H3/p+1. The molecule has 0 bridgehead atoms. The molecule has 0 unspecified atom stereocenters. The number of nitrogens with two attached hydrogens (primary N) is 1. The van der Waals surface area contributed by atoms with E-state index in [9.17, 15) is 0 Å². The molecule has 0 aliphatic heterocycles. The predicted octanol–water partition coefficient (Wildman–Crippen LogP) is 1.10. The number of para-hydroxylation sites is 1. The molecule has 0 aliphatic carbocycles. The monoisotopic (exact) mass is 266 g/mol. The highest BCUT2D eigenvalue weighted by atomic mass is 16.5. The first-order valence-electron chi connectivity index (χ1n) is 6.74. The average molecular weight is 266 g/mol. The first-order chi connectivity index (χ1) is 9.33. The second-order valence-electron chi connectivity index (χ2n) is 4.14. The van der Waals surface area contributed by atoms with Crippen LogP contribution in [0, 0.1) is 0 Å². The lowest BCUT2D eigenvalue weighted by Gasteiger charge is -2.14. The van der Waals surface area contributed by atoms with Crippen LogP contribution >= 0.6 is 0 Å². The Morgan fingerprint density at radius 2 is 2.21 bits per heavy atom. The molecule has 0 atom stereocenters. The first-order valence-corrected chi connectivity index (χ1v) is 6.74. The summed E-state index contributed by atoms with van der Waals surface area (Å²) in [4.78, 5) is 0. The van der Waals surface area contributed by atoms with Gasteiger partial charge in [-0.05, 0) is 19.1 Å². The van der Waals surface area contributed by atoms with Gasteiger partial charge in [0, 0.05) is 13.0 Å². The molecule has 106 valence electrons. The van der Waals surface area contributed by atoms with Crippen LogP contribution in [-0.2, 0) is 6.54 Å². The second kappa shape index (κ2) is 9.42. The zero-order valence-corrected chi connectivity index (χ0v) is 11.6. The number of hydrogen-bond donors (Lipinski definition) is 2. The number of hydrogen-bond acceptors (Lipinski definition) is 3. The Morgan fingerprint density at radius 1 is 1.37 bits per heavy atom. The molecule has 1 aromatic carbocycles. The Kier molecular flexibility index (Phi) is 7.70. The number of rotatable bonds is 10. The minimum absolute atomic E-state index is 0.231. The van der Waals surface area contributed by atoms with Crippen LogP contribution in [0.15, 0.2) is 30.9 Å². The summed E-state index contributed by atoms with van der Waals surface area (Å²) in [5.74, 6) is 1.57. The highest BCUT2D eigenvalue weighted by molar-refractivity contribution is 5.46. The summed E-state index contributed by atoms with van der Waals surface area (Å²) in [6.07, 6.45) is 2.52. The summed E-state index contributed by atoms with van der Waals surface area (Å²) < 4.78 is 11.3. The molecule has 1 aromatic rings. The van der Waals surface area contributed by atoms with Crippen LogP contribution in [0.25, 0.3) is 0 Å². The van der Waals surface area contributed by atoms with Crippen molar-refractivity contribution in [2.75, 3.05) is 26.4 Å². The van der Waals surface area contributed by atoms with Crippen molar-refractivity contribution < 1.29 is 19.9 Å². The fraction of sp³-hybridized carbons (Fsp3) is 0.467. The van der Waals surface area contributed by atoms with E-state index in [1.165, 1.54) is 0 Å². The Morgan fingerprint density at radius 3 is 2.89 bits per heavy atom. The van der Waals surface area contributed by atoms with E-state index in [0.717, 1.165) is 36.6 Å². The van der Waals surface area contributed by atoms with Crippen molar-refractivity contribution in [1.82, 2.24) is 0 Å². The van der Waals surface area contributed by atoms with Gasteiger partial charge >= 0.3 is 0 Å². The third-order valence-corrected chi connectivity index (χ3v) is 2.64. The average Bonchev–Trinajstić information content (AvgIpc) is 2.43. The van der Waals surface area contributed by atoms with Crippen molar-refractivity contribution in [1.29, 1.82) is 0 Å². The number of ether oxygens (including phenoxy) is 2. The van der Waals surface area contributed by atoms with Crippen molar-refractivity contribution in [3.63, 3.8) is 0 Å². The Bertz CT molecular complexity index is 380. The molecule has 0 fully saturated rings. The van der Waals surface area contributed by atoms with Crippen LogP contribution in [0.3, 0.4) is 0 Å². The largest absolute Gasteiger partial charge is 0.490 e. The molecule has 0 saturated carbocycles. The van der Waals surface area contributed by atoms with E-state index in [1.807, 2.05) is 25.1 Å². The lowest BCUT2D eigenvalue weighted by molar-refractivity contribution is -0.671. The quantitative estimate of drug-likeness (QED) is 0.492. The topological polar surface area (TPSA) is 55.3 Å². The third kappa shape index (κ3) is 5.32. The molecule has 0 spiro atoms. The van der Waals surface area contributed by atoms with E-state index < -0.39 is 0 Å². The summed E-state index contributed by atoms with van der Waals surface area (Å²) in [5.41, 5.74) is 1.10. The zero-order chi connectivity index (χ0) is 13.9. The minimum Gasteiger partial charge on any atom is -0.490 e. The van der Waals surface area contributed by atoms with Crippen molar-refractivity contribution in [3.8, 4) is 11.5 Å². The summed E-state index contributed by atoms with van der Waals surface area (Å²) in [6.45, 7) is 8.64. The van der Waals surface area contributed by atoms with Crippen molar-refractivity contribution in [3.05, 3.63) is 36.4 Å². The smallest absolute Gasteiger partial charge is 0.170 e. The summed E-state index contributed by atoms with van der Waals surface area (Å²) >= 11 is 0. The molecule has 4 heteroatoms.